The van der Waals surface area contributed by atoms with E-state index < -0.39 is 11.0 Å². The van der Waals surface area contributed by atoms with Crippen molar-refractivity contribution in [1.29, 1.82) is 0 Å². The van der Waals surface area contributed by atoms with E-state index in [2.05, 4.69) is 20.6 Å². The quantitative estimate of drug-likeness (QED) is 0.177. The van der Waals surface area contributed by atoms with Gasteiger partial charge in [-0.3, -0.25) is 15.1 Å². The Morgan fingerprint density at radius 2 is 2.07 bits per heavy atom. The highest BCUT2D eigenvalue weighted by Gasteiger charge is 2.08. The molecule has 0 aliphatic carbocycles. The maximum absolute atomic E-state index is 10.6. The monoisotopic (exact) mass is 421 g/mol. The van der Waals surface area contributed by atoms with Gasteiger partial charge in [0.25, 0.3) is 5.69 Å². The fourth-order valence-electron chi connectivity index (χ4n) is 2.33. The number of hydrogen-bond acceptors (Lipinski definition) is 6. The minimum atomic E-state index is -0.818. The van der Waals surface area contributed by atoms with E-state index in [-0.39, 0.29) is 18.8 Å². The molecular weight excluding hydrogens is 398 g/mol. The molecule has 29 heavy (non-hydrogen) atoms. The first-order valence-electron chi connectivity index (χ1n) is 9.16. The van der Waals surface area contributed by atoms with Crippen LogP contribution in [0.25, 0.3) is 0 Å². The summed E-state index contributed by atoms with van der Waals surface area (Å²) in [4.78, 5) is 18.5. The predicted molar refractivity (Wildman–Crippen MR) is 112 cm³/mol. The molecule has 2 rings (SSSR count). The topological polar surface area (TPSA) is 122 Å². The van der Waals surface area contributed by atoms with Crippen molar-refractivity contribution in [2.45, 2.75) is 19.4 Å². The van der Waals surface area contributed by atoms with Gasteiger partial charge in [-0.1, -0.05) is 17.7 Å². The minimum absolute atomic E-state index is 0.0155. The van der Waals surface area contributed by atoms with Gasteiger partial charge < -0.3 is 20.5 Å². The van der Waals surface area contributed by atoms with E-state index in [1.807, 2.05) is 13.0 Å². The molecule has 0 bridgehead atoms. The second-order valence-corrected chi connectivity index (χ2v) is 6.49. The molecule has 0 aliphatic rings. The Labute approximate surface area is 173 Å². The van der Waals surface area contributed by atoms with E-state index >= 15 is 0 Å². The molecule has 156 valence electrons. The third-order valence-corrected chi connectivity index (χ3v) is 4.01. The van der Waals surface area contributed by atoms with Crippen LogP contribution in [0.2, 0.25) is 5.15 Å². The van der Waals surface area contributed by atoms with Crippen molar-refractivity contribution in [3.05, 3.63) is 63.4 Å². The van der Waals surface area contributed by atoms with Crippen LogP contribution in [0.5, 0.6) is 5.75 Å². The molecule has 1 unspecified atom stereocenters. The van der Waals surface area contributed by atoms with Gasteiger partial charge in [-0.25, -0.2) is 4.98 Å². The smallest absolute Gasteiger partial charge is 0.269 e. The van der Waals surface area contributed by atoms with E-state index in [9.17, 15) is 15.2 Å². The first-order valence-corrected chi connectivity index (χ1v) is 9.53. The van der Waals surface area contributed by atoms with Crippen LogP contribution in [-0.4, -0.2) is 53.3 Å². The lowest BCUT2D eigenvalue weighted by Crippen LogP contribution is -2.39. The SMILES string of the molecule is CCNC(=NCC(O)COc1ccc([N+](=O)[O-])cc1)NCCc1ccc(Cl)nc1. The lowest BCUT2D eigenvalue weighted by molar-refractivity contribution is -0.384. The van der Waals surface area contributed by atoms with Crippen LogP contribution in [0.1, 0.15) is 12.5 Å². The fraction of sp³-hybridized carbons (Fsp3) is 0.368. The molecule has 0 aliphatic heterocycles. The van der Waals surface area contributed by atoms with Crippen molar-refractivity contribution in [3.8, 4) is 5.75 Å². The number of nitro benzene ring substituents is 1. The summed E-state index contributed by atoms with van der Waals surface area (Å²) in [5.41, 5.74) is 1.03. The zero-order chi connectivity index (χ0) is 21.1. The van der Waals surface area contributed by atoms with Gasteiger partial charge >= 0.3 is 0 Å². The maximum Gasteiger partial charge on any atom is 0.269 e. The fourth-order valence-corrected chi connectivity index (χ4v) is 2.44. The van der Waals surface area contributed by atoms with Crippen molar-refractivity contribution in [1.82, 2.24) is 15.6 Å². The molecule has 10 heteroatoms. The second-order valence-electron chi connectivity index (χ2n) is 6.10. The van der Waals surface area contributed by atoms with Gasteiger partial charge in [0.1, 0.15) is 23.6 Å². The number of pyridine rings is 1. The van der Waals surface area contributed by atoms with E-state index in [1.54, 1.807) is 12.3 Å². The van der Waals surface area contributed by atoms with Crippen molar-refractivity contribution in [2.24, 2.45) is 4.99 Å². The molecule has 1 heterocycles. The molecule has 0 spiro atoms. The molecule has 0 amide bonds. The lowest BCUT2D eigenvalue weighted by atomic mass is 10.2. The number of non-ortho nitro benzene ring substituents is 1. The van der Waals surface area contributed by atoms with Gasteiger partial charge in [0.2, 0.25) is 0 Å². The molecule has 0 saturated heterocycles. The highest BCUT2D eigenvalue weighted by atomic mass is 35.5. The Morgan fingerprint density at radius 1 is 1.31 bits per heavy atom. The maximum atomic E-state index is 10.6. The van der Waals surface area contributed by atoms with E-state index in [0.717, 1.165) is 12.0 Å². The number of guanidine groups is 1. The summed E-state index contributed by atoms with van der Waals surface area (Å²) in [5.74, 6) is 1.03. The Kier molecular flexibility index (Phi) is 9.13. The molecule has 1 aromatic carbocycles. The summed E-state index contributed by atoms with van der Waals surface area (Å²) in [7, 11) is 0. The number of aromatic nitrogens is 1. The first kappa shape index (κ1) is 22.4. The van der Waals surface area contributed by atoms with Gasteiger partial charge in [0.05, 0.1) is 11.5 Å². The Balaban J connectivity index is 1.77. The number of nitrogens with one attached hydrogen (secondary N) is 2. The number of benzene rings is 1. The molecular formula is C19H24ClN5O4. The number of aliphatic imine (C=N–C) groups is 1. The highest BCUT2D eigenvalue weighted by Crippen LogP contribution is 2.17. The van der Waals surface area contributed by atoms with Crippen molar-refractivity contribution in [3.63, 3.8) is 0 Å². The Bertz CT molecular complexity index is 799. The van der Waals surface area contributed by atoms with E-state index in [1.165, 1.54) is 24.3 Å². The summed E-state index contributed by atoms with van der Waals surface area (Å²) in [5, 5.41) is 27.5. The van der Waals surface area contributed by atoms with Crippen LogP contribution >= 0.6 is 11.6 Å². The number of hydrogen-bond donors (Lipinski definition) is 3. The molecule has 0 saturated carbocycles. The second kappa shape index (κ2) is 11.8. The van der Waals surface area contributed by atoms with E-state index in [0.29, 0.717) is 30.0 Å². The lowest BCUT2D eigenvalue weighted by Gasteiger charge is -2.14. The summed E-state index contributed by atoms with van der Waals surface area (Å²) >= 11 is 5.78. The molecule has 3 N–H and O–H groups in total. The molecule has 0 radical (unpaired) electrons. The Morgan fingerprint density at radius 3 is 2.69 bits per heavy atom. The zero-order valence-electron chi connectivity index (χ0n) is 16.0. The summed E-state index contributed by atoms with van der Waals surface area (Å²) in [6.45, 7) is 3.45. The van der Waals surface area contributed by atoms with E-state index in [4.69, 9.17) is 16.3 Å². The number of aliphatic hydroxyl groups is 1. The van der Waals surface area contributed by atoms with Crippen LogP contribution < -0.4 is 15.4 Å². The van der Waals surface area contributed by atoms with Crippen molar-refractivity contribution >= 4 is 23.2 Å². The van der Waals surface area contributed by atoms with Gasteiger partial charge in [-0.05, 0) is 37.1 Å². The average Bonchev–Trinajstić information content (AvgIpc) is 2.72. The molecule has 2 aromatic rings. The number of nitrogens with zero attached hydrogens (tertiary/aromatic N) is 3. The van der Waals surface area contributed by atoms with Gasteiger partial charge in [0, 0.05) is 31.4 Å². The third kappa shape index (κ3) is 8.32. The van der Waals surface area contributed by atoms with Crippen molar-refractivity contribution < 1.29 is 14.8 Å². The zero-order valence-corrected chi connectivity index (χ0v) is 16.8. The predicted octanol–water partition coefficient (Wildman–Crippen LogP) is 2.18. The van der Waals surface area contributed by atoms with Crippen LogP contribution in [0.3, 0.4) is 0 Å². The highest BCUT2D eigenvalue weighted by molar-refractivity contribution is 6.29. The third-order valence-electron chi connectivity index (χ3n) is 3.79. The number of halogens is 1. The van der Waals surface area contributed by atoms with Gasteiger partial charge in [-0.2, -0.15) is 0 Å². The molecule has 1 aromatic heterocycles. The van der Waals surface area contributed by atoms with Crippen molar-refractivity contribution in [2.75, 3.05) is 26.2 Å². The Hall–Kier alpha value is -2.91. The molecule has 9 nitrogen and oxygen atoms in total. The average molecular weight is 422 g/mol. The van der Waals surface area contributed by atoms with Gasteiger partial charge in [-0.15, -0.1) is 0 Å². The summed E-state index contributed by atoms with van der Waals surface area (Å²) in [6, 6.07) is 9.35. The number of rotatable bonds is 10. The van der Waals surface area contributed by atoms with Crippen LogP contribution in [0.15, 0.2) is 47.6 Å². The largest absolute Gasteiger partial charge is 0.491 e. The summed E-state index contributed by atoms with van der Waals surface area (Å²) in [6.07, 6.45) is 1.66. The van der Waals surface area contributed by atoms with Crippen LogP contribution in [0, 0.1) is 10.1 Å². The number of aliphatic hydroxyl groups excluding tert-OH is 1. The number of nitro groups is 1. The summed E-state index contributed by atoms with van der Waals surface area (Å²) < 4.78 is 5.44. The standard InChI is InChI=1S/C19H24ClN5O4/c1-2-21-19(22-10-9-14-3-8-18(20)23-11-14)24-12-16(26)13-29-17-6-4-15(5-7-17)25(27)28/h3-8,11,16,26H,2,9-10,12-13H2,1H3,(H2,21,22,24). The van der Waals surface area contributed by atoms with Gasteiger partial charge in [0.15, 0.2) is 5.96 Å². The first-order chi connectivity index (χ1) is 14.0. The number of ether oxygens (including phenoxy) is 1. The molecule has 1 atom stereocenters. The molecule has 0 fully saturated rings. The van der Waals surface area contributed by atoms with Crippen LogP contribution in [0.4, 0.5) is 5.69 Å². The minimum Gasteiger partial charge on any atom is -0.491 e. The van der Waals surface area contributed by atoms with Crippen LogP contribution in [-0.2, 0) is 6.42 Å². The normalized spacial score (nSPS) is 12.3.